The van der Waals surface area contributed by atoms with Crippen LogP contribution in [0.25, 0.3) is 16.7 Å². The average molecular weight is 402 g/mol. The van der Waals surface area contributed by atoms with Gasteiger partial charge in [0.1, 0.15) is 12.0 Å². The molecule has 5 rings (SSSR count). The molecule has 2 aromatic heterocycles. The lowest BCUT2D eigenvalue weighted by Crippen LogP contribution is -2.23. The Kier molecular flexibility index (Phi) is 3.60. The van der Waals surface area contributed by atoms with Gasteiger partial charge in [0, 0.05) is 5.39 Å². The zero-order valence-corrected chi connectivity index (χ0v) is 15.5. The first-order chi connectivity index (χ1) is 12.6. The number of hydrogen-bond acceptors (Lipinski definition) is 3. The smallest absolute Gasteiger partial charge is 0.165 e. The van der Waals surface area contributed by atoms with E-state index in [1.165, 1.54) is 6.33 Å². The minimum absolute atomic E-state index is 0.159. The van der Waals surface area contributed by atoms with E-state index in [1.54, 1.807) is 6.07 Å². The van der Waals surface area contributed by atoms with Crippen molar-refractivity contribution in [2.45, 2.75) is 6.04 Å². The molecule has 1 aliphatic rings. The third kappa shape index (κ3) is 2.30. The number of rotatable bonds is 1. The van der Waals surface area contributed by atoms with Crippen LogP contribution in [0.15, 0.2) is 54.9 Å². The first-order valence-corrected chi connectivity index (χ1v) is 9.09. The number of fused-ring (bicyclic) bond motifs is 5. The molecule has 1 aliphatic heterocycles. The molecular formula is C19H11Cl3N4. The van der Waals surface area contributed by atoms with Gasteiger partial charge in [0.25, 0.3) is 0 Å². The summed E-state index contributed by atoms with van der Waals surface area (Å²) in [6.07, 6.45) is 1.47. The Hall–Kier alpha value is -2.27. The zero-order valence-electron chi connectivity index (χ0n) is 13.2. The molecule has 0 fully saturated rings. The lowest BCUT2D eigenvalue weighted by atomic mass is 10.0. The van der Waals surface area contributed by atoms with Crippen molar-refractivity contribution in [3.63, 3.8) is 0 Å². The van der Waals surface area contributed by atoms with Crippen molar-refractivity contribution in [3.8, 4) is 5.82 Å². The van der Waals surface area contributed by atoms with Crippen molar-refractivity contribution < 1.29 is 0 Å². The molecule has 7 heteroatoms. The minimum atomic E-state index is -0.159. The van der Waals surface area contributed by atoms with E-state index in [1.807, 2.05) is 24.3 Å². The summed E-state index contributed by atoms with van der Waals surface area (Å²) in [5, 5.41) is 6.00. The predicted molar refractivity (Wildman–Crippen MR) is 106 cm³/mol. The van der Waals surface area contributed by atoms with Crippen LogP contribution < -0.4 is 5.32 Å². The highest BCUT2D eigenvalue weighted by Gasteiger charge is 2.30. The van der Waals surface area contributed by atoms with Crippen LogP contribution in [0, 0.1) is 0 Å². The van der Waals surface area contributed by atoms with Gasteiger partial charge in [0.2, 0.25) is 0 Å². The highest BCUT2D eigenvalue weighted by molar-refractivity contribution is 6.42. The molecule has 4 aromatic rings. The second-order valence-corrected chi connectivity index (χ2v) is 7.25. The molecule has 0 aliphatic carbocycles. The lowest BCUT2D eigenvalue weighted by molar-refractivity contribution is 0.799. The largest absolute Gasteiger partial charge is 0.367 e. The monoisotopic (exact) mass is 400 g/mol. The molecule has 0 spiro atoms. The Bertz CT molecular complexity index is 1170. The van der Waals surface area contributed by atoms with Crippen LogP contribution in [-0.4, -0.2) is 14.5 Å². The van der Waals surface area contributed by atoms with Gasteiger partial charge >= 0.3 is 0 Å². The van der Waals surface area contributed by atoms with E-state index in [4.69, 9.17) is 34.8 Å². The summed E-state index contributed by atoms with van der Waals surface area (Å²) in [5.74, 6) is 0.734. The summed E-state index contributed by atoms with van der Waals surface area (Å²) in [4.78, 5) is 8.58. The molecule has 128 valence electrons. The van der Waals surface area contributed by atoms with Gasteiger partial charge in [-0.05, 0) is 29.8 Å². The number of hydrogen-bond donors (Lipinski definition) is 1. The summed E-state index contributed by atoms with van der Waals surface area (Å²) < 4.78 is 2.11. The van der Waals surface area contributed by atoms with Crippen LogP contribution in [0.1, 0.15) is 17.3 Å². The Balaban J connectivity index is 1.82. The number of nitrogens with one attached hydrogen (secondary N) is 1. The zero-order chi connectivity index (χ0) is 17.8. The van der Waals surface area contributed by atoms with E-state index in [9.17, 15) is 0 Å². The van der Waals surface area contributed by atoms with Crippen LogP contribution >= 0.6 is 34.8 Å². The van der Waals surface area contributed by atoms with Gasteiger partial charge in [0.15, 0.2) is 11.0 Å². The third-order valence-electron chi connectivity index (χ3n) is 4.59. The highest BCUT2D eigenvalue weighted by Crippen LogP contribution is 2.42. The predicted octanol–water partition coefficient (Wildman–Crippen LogP) is 5.90. The summed E-state index contributed by atoms with van der Waals surface area (Å²) in [6, 6.07) is 15.8. The number of benzene rings is 2. The van der Waals surface area contributed by atoms with Gasteiger partial charge in [0.05, 0.1) is 27.3 Å². The van der Waals surface area contributed by atoms with Crippen molar-refractivity contribution in [1.29, 1.82) is 0 Å². The van der Waals surface area contributed by atoms with Gasteiger partial charge in [-0.1, -0.05) is 59.1 Å². The van der Waals surface area contributed by atoms with E-state index in [0.717, 1.165) is 28.0 Å². The number of aromatic nitrogens is 3. The molecule has 2 aromatic carbocycles. The fourth-order valence-corrected chi connectivity index (χ4v) is 3.93. The molecule has 0 bridgehead atoms. The maximum absolute atomic E-state index is 6.36. The molecule has 4 nitrogen and oxygen atoms in total. The summed E-state index contributed by atoms with van der Waals surface area (Å²) >= 11 is 18.7. The molecule has 0 radical (unpaired) electrons. The summed E-state index contributed by atoms with van der Waals surface area (Å²) in [6.45, 7) is 0. The normalized spacial score (nSPS) is 15.4. The molecule has 0 amide bonds. The summed E-state index contributed by atoms with van der Waals surface area (Å²) in [7, 11) is 0. The Morgan fingerprint density at radius 1 is 0.923 bits per heavy atom. The summed E-state index contributed by atoms with van der Waals surface area (Å²) in [5.41, 5.74) is 3.78. The van der Waals surface area contributed by atoms with E-state index in [0.29, 0.717) is 20.9 Å². The molecular weight excluding hydrogens is 391 g/mol. The molecule has 3 heterocycles. The second kappa shape index (κ2) is 5.88. The number of nitrogens with zero attached hydrogens (tertiary/aromatic N) is 3. The van der Waals surface area contributed by atoms with Crippen molar-refractivity contribution in [1.82, 2.24) is 14.5 Å². The SMILES string of the molecule is Clc1ccc(C2Nc3c(Cl)ncnc3-n3c2cc2ccccc23)cc1Cl. The molecule has 26 heavy (non-hydrogen) atoms. The Morgan fingerprint density at radius 3 is 2.62 bits per heavy atom. The van der Waals surface area contributed by atoms with E-state index in [-0.39, 0.29) is 6.04 Å². The van der Waals surface area contributed by atoms with Crippen molar-refractivity contribution in [2.75, 3.05) is 5.32 Å². The Labute approximate surface area is 164 Å². The van der Waals surface area contributed by atoms with Gasteiger partial charge in [-0.3, -0.25) is 4.57 Å². The molecule has 1 atom stereocenters. The molecule has 1 unspecified atom stereocenters. The van der Waals surface area contributed by atoms with E-state index in [2.05, 4.69) is 38.1 Å². The van der Waals surface area contributed by atoms with Crippen molar-refractivity contribution in [2.24, 2.45) is 0 Å². The van der Waals surface area contributed by atoms with Gasteiger partial charge in [-0.2, -0.15) is 0 Å². The van der Waals surface area contributed by atoms with Gasteiger partial charge < -0.3 is 5.32 Å². The first-order valence-electron chi connectivity index (χ1n) is 7.96. The lowest BCUT2D eigenvalue weighted by Gasteiger charge is -2.29. The van der Waals surface area contributed by atoms with Crippen LogP contribution in [0.2, 0.25) is 15.2 Å². The highest BCUT2D eigenvalue weighted by atomic mass is 35.5. The van der Waals surface area contributed by atoms with E-state index >= 15 is 0 Å². The fraction of sp³-hybridized carbons (Fsp3) is 0.0526. The average Bonchev–Trinajstić information content (AvgIpc) is 3.04. The maximum atomic E-state index is 6.36. The first kappa shape index (κ1) is 15.9. The molecule has 1 N–H and O–H groups in total. The quantitative estimate of drug-likeness (QED) is 0.404. The van der Waals surface area contributed by atoms with Crippen LogP contribution in [-0.2, 0) is 0 Å². The van der Waals surface area contributed by atoms with E-state index < -0.39 is 0 Å². The van der Waals surface area contributed by atoms with Crippen LogP contribution in [0.5, 0.6) is 0 Å². The second-order valence-electron chi connectivity index (χ2n) is 6.08. The fourth-order valence-electron chi connectivity index (χ4n) is 3.44. The Morgan fingerprint density at radius 2 is 1.77 bits per heavy atom. The standard InChI is InChI=1S/C19H11Cl3N4/c20-12-6-5-11(7-13(12)21)16-15-8-10-3-1-2-4-14(10)26(15)19-17(25-16)18(22)23-9-24-19/h1-9,16,25H. The van der Waals surface area contributed by atoms with Gasteiger partial charge in [-0.15, -0.1) is 0 Å². The third-order valence-corrected chi connectivity index (χ3v) is 5.62. The maximum Gasteiger partial charge on any atom is 0.165 e. The van der Waals surface area contributed by atoms with Crippen molar-refractivity contribution in [3.05, 3.63) is 81.3 Å². The van der Waals surface area contributed by atoms with Crippen LogP contribution in [0.4, 0.5) is 5.69 Å². The molecule has 0 saturated heterocycles. The number of halogens is 3. The topological polar surface area (TPSA) is 42.7 Å². The minimum Gasteiger partial charge on any atom is -0.367 e. The number of para-hydroxylation sites is 1. The van der Waals surface area contributed by atoms with Gasteiger partial charge in [-0.25, -0.2) is 9.97 Å². The molecule has 0 saturated carbocycles. The number of anilines is 1. The van der Waals surface area contributed by atoms with Crippen molar-refractivity contribution >= 4 is 51.4 Å². The van der Waals surface area contributed by atoms with Crippen LogP contribution in [0.3, 0.4) is 0 Å².